The summed E-state index contributed by atoms with van der Waals surface area (Å²) >= 11 is 1.59. The Bertz CT molecular complexity index is 995. The fraction of sp³-hybridized carbons (Fsp3) is 0.167. The summed E-state index contributed by atoms with van der Waals surface area (Å²) in [5, 5.41) is 20.8. The first-order valence-corrected chi connectivity index (χ1v) is 8.78. The molecule has 25 heavy (non-hydrogen) atoms. The van der Waals surface area contributed by atoms with Crippen LogP contribution < -0.4 is 5.32 Å². The smallest absolute Gasteiger partial charge is 0.138 e. The normalized spacial score (nSPS) is 12.4. The second kappa shape index (κ2) is 6.62. The SMILES string of the molecule is Cn1cc([C@H](O)CNc2ncnc3scc(-c4ccccc4)c23)cn1. The molecule has 0 bridgehead atoms. The molecule has 0 fully saturated rings. The molecule has 2 N–H and O–H groups in total. The highest BCUT2D eigenvalue weighted by atomic mass is 32.1. The zero-order chi connectivity index (χ0) is 17.2. The first-order chi connectivity index (χ1) is 12.2. The maximum absolute atomic E-state index is 10.3. The number of aliphatic hydroxyl groups excluding tert-OH is 1. The summed E-state index contributed by atoms with van der Waals surface area (Å²) in [5.41, 5.74) is 2.99. The summed E-state index contributed by atoms with van der Waals surface area (Å²) in [5.74, 6) is 0.730. The number of aryl methyl sites for hydroxylation is 1. The largest absolute Gasteiger partial charge is 0.386 e. The van der Waals surface area contributed by atoms with Gasteiger partial charge in [-0.05, 0) is 5.56 Å². The van der Waals surface area contributed by atoms with E-state index in [1.54, 1.807) is 28.5 Å². The van der Waals surface area contributed by atoms with Crippen molar-refractivity contribution in [2.45, 2.75) is 6.10 Å². The number of benzene rings is 1. The van der Waals surface area contributed by atoms with E-state index in [4.69, 9.17) is 0 Å². The molecule has 0 aliphatic rings. The van der Waals surface area contributed by atoms with E-state index in [1.807, 2.05) is 31.4 Å². The van der Waals surface area contributed by atoms with Gasteiger partial charge in [-0.15, -0.1) is 11.3 Å². The number of nitrogens with zero attached hydrogens (tertiary/aromatic N) is 4. The predicted molar refractivity (Wildman–Crippen MR) is 99.5 cm³/mol. The first-order valence-electron chi connectivity index (χ1n) is 7.90. The number of aromatic nitrogens is 4. The zero-order valence-electron chi connectivity index (χ0n) is 13.6. The van der Waals surface area contributed by atoms with Crippen molar-refractivity contribution >= 4 is 27.4 Å². The van der Waals surface area contributed by atoms with Gasteiger partial charge >= 0.3 is 0 Å². The predicted octanol–water partition coefficient (Wildman–Crippen LogP) is 3.24. The van der Waals surface area contributed by atoms with Crippen molar-refractivity contribution in [3.63, 3.8) is 0 Å². The van der Waals surface area contributed by atoms with Gasteiger partial charge in [0.05, 0.1) is 17.7 Å². The fourth-order valence-corrected chi connectivity index (χ4v) is 3.68. The van der Waals surface area contributed by atoms with Crippen LogP contribution in [0.2, 0.25) is 0 Å². The average Bonchev–Trinajstić information content (AvgIpc) is 3.27. The lowest BCUT2D eigenvalue weighted by Crippen LogP contribution is -2.13. The Kier molecular flexibility index (Phi) is 4.17. The molecule has 1 aromatic carbocycles. The summed E-state index contributed by atoms with van der Waals surface area (Å²) in [6.45, 7) is 0.349. The zero-order valence-corrected chi connectivity index (χ0v) is 14.4. The molecule has 7 heteroatoms. The van der Waals surface area contributed by atoms with Crippen LogP contribution in [0, 0.1) is 0 Å². The first kappa shape index (κ1) is 15.7. The standard InChI is InChI=1S/C18H17N5OS/c1-23-9-13(7-22-23)15(24)8-19-17-16-14(12-5-3-2-4-6-12)10-25-18(16)21-11-20-17/h2-7,9-11,15,24H,8H2,1H3,(H,19,20,21)/t15-/m1/s1. The molecule has 0 saturated heterocycles. The van der Waals surface area contributed by atoms with E-state index >= 15 is 0 Å². The fourth-order valence-electron chi connectivity index (χ4n) is 2.76. The monoisotopic (exact) mass is 351 g/mol. The van der Waals surface area contributed by atoms with Crippen molar-refractivity contribution in [1.29, 1.82) is 0 Å². The Morgan fingerprint density at radius 2 is 2.08 bits per heavy atom. The van der Waals surface area contributed by atoms with Gasteiger partial charge in [0, 0.05) is 36.3 Å². The third-order valence-corrected chi connectivity index (χ3v) is 4.91. The summed E-state index contributed by atoms with van der Waals surface area (Å²) < 4.78 is 1.67. The maximum atomic E-state index is 10.3. The van der Waals surface area contributed by atoms with Gasteiger partial charge in [-0.1, -0.05) is 30.3 Å². The molecule has 0 amide bonds. The molecule has 1 atom stereocenters. The summed E-state index contributed by atoms with van der Waals surface area (Å²) in [7, 11) is 1.83. The van der Waals surface area contributed by atoms with Crippen LogP contribution in [0.5, 0.6) is 0 Å². The lowest BCUT2D eigenvalue weighted by atomic mass is 10.1. The Morgan fingerprint density at radius 3 is 2.84 bits per heavy atom. The molecule has 4 rings (SSSR count). The molecule has 0 radical (unpaired) electrons. The van der Waals surface area contributed by atoms with Gasteiger partial charge in [-0.2, -0.15) is 5.10 Å². The van der Waals surface area contributed by atoms with Crippen molar-refractivity contribution in [3.05, 3.63) is 60.0 Å². The molecule has 4 aromatic rings. The number of anilines is 1. The number of aliphatic hydroxyl groups is 1. The quantitative estimate of drug-likeness (QED) is 0.577. The van der Waals surface area contributed by atoms with E-state index in [9.17, 15) is 5.11 Å². The van der Waals surface area contributed by atoms with Crippen molar-refractivity contribution in [2.24, 2.45) is 7.05 Å². The second-order valence-corrected chi connectivity index (χ2v) is 6.62. The van der Waals surface area contributed by atoms with Gasteiger partial charge in [0.1, 0.15) is 17.0 Å². The van der Waals surface area contributed by atoms with Gasteiger partial charge in [0.2, 0.25) is 0 Å². The number of thiophene rings is 1. The van der Waals surface area contributed by atoms with Crippen molar-refractivity contribution in [2.75, 3.05) is 11.9 Å². The molecule has 3 aromatic heterocycles. The van der Waals surface area contributed by atoms with Crippen LogP contribution in [0.1, 0.15) is 11.7 Å². The summed E-state index contributed by atoms with van der Waals surface area (Å²) in [4.78, 5) is 9.68. The van der Waals surface area contributed by atoms with E-state index in [0.29, 0.717) is 6.54 Å². The van der Waals surface area contributed by atoms with Crippen LogP contribution in [-0.2, 0) is 7.05 Å². The Labute approximate surface area is 148 Å². The summed E-state index contributed by atoms with van der Waals surface area (Å²) in [6.07, 6.45) is 4.37. The van der Waals surface area contributed by atoms with E-state index in [-0.39, 0.29) is 0 Å². The van der Waals surface area contributed by atoms with E-state index < -0.39 is 6.10 Å². The molecule has 0 spiro atoms. The lowest BCUT2D eigenvalue weighted by molar-refractivity contribution is 0.191. The van der Waals surface area contributed by atoms with Crippen molar-refractivity contribution in [3.8, 4) is 11.1 Å². The van der Waals surface area contributed by atoms with Crippen LogP contribution in [-0.4, -0.2) is 31.4 Å². The number of nitrogens with one attached hydrogen (secondary N) is 1. The molecule has 0 saturated carbocycles. The van der Waals surface area contributed by atoms with Gasteiger partial charge in [0.15, 0.2) is 0 Å². The third kappa shape index (κ3) is 3.11. The number of hydrogen-bond acceptors (Lipinski definition) is 6. The molecular weight excluding hydrogens is 334 g/mol. The van der Waals surface area contributed by atoms with Gasteiger partial charge in [0.25, 0.3) is 0 Å². The Morgan fingerprint density at radius 1 is 1.24 bits per heavy atom. The summed E-state index contributed by atoms with van der Waals surface area (Å²) in [6, 6.07) is 10.2. The van der Waals surface area contributed by atoms with E-state index in [0.717, 1.165) is 32.7 Å². The van der Waals surface area contributed by atoms with Crippen LogP contribution in [0.15, 0.2) is 54.4 Å². The van der Waals surface area contributed by atoms with Crippen LogP contribution in [0.4, 0.5) is 5.82 Å². The minimum atomic E-state index is -0.655. The average molecular weight is 351 g/mol. The highest BCUT2D eigenvalue weighted by Gasteiger charge is 2.15. The van der Waals surface area contributed by atoms with Crippen molar-refractivity contribution < 1.29 is 5.11 Å². The second-order valence-electron chi connectivity index (χ2n) is 5.76. The molecular formula is C18H17N5OS. The number of rotatable bonds is 5. The van der Waals surface area contributed by atoms with Crippen LogP contribution >= 0.6 is 11.3 Å². The highest BCUT2D eigenvalue weighted by molar-refractivity contribution is 7.17. The molecule has 126 valence electrons. The third-order valence-electron chi connectivity index (χ3n) is 4.03. The van der Waals surface area contributed by atoms with E-state index in [2.05, 4.69) is 37.9 Å². The lowest BCUT2D eigenvalue weighted by Gasteiger charge is -2.12. The van der Waals surface area contributed by atoms with Crippen LogP contribution in [0.25, 0.3) is 21.3 Å². The molecule has 6 nitrogen and oxygen atoms in total. The van der Waals surface area contributed by atoms with Crippen molar-refractivity contribution in [1.82, 2.24) is 19.7 Å². The molecule has 3 heterocycles. The van der Waals surface area contributed by atoms with Gasteiger partial charge in [-0.25, -0.2) is 9.97 Å². The number of hydrogen-bond donors (Lipinski definition) is 2. The molecule has 0 aliphatic heterocycles. The molecule has 0 unspecified atom stereocenters. The minimum absolute atomic E-state index is 0.349. The van der Waals surface area contributed by atoms with Gasteiger partial charge in [-0.3, -0.25) is 4.68 Å². The topological polar surface area (TPSA) is 75.9 Å². The van der Waals surface area contributed by atoms with E-state index in [1.165, 1.54) is 0 Å². The minimum Gasteiger partial charge on any atom is -0.386 e. The van der Waals surface area contributed by atoms with Crippen LogP contribution in [0.3, 0.4) is 0 Å². The Hall–Kier alpha value is -2.77. The number of fused-ring (bicyclic) bond motifs is 1. The maximum Gasteiger partial charge on any atom is 0.138 e. The Balaban J connectivity index is 1.64. The van der Waals surface area contributed by atoms with Gasteiger partial charge < -0.3 is 10.4 Å². The molecule has 0 aliphatic carbocycles. The highest BCUT2D eigenvalue weighted by Crippen LogP contribution is 2.36.